The van der Waals surface area contributed by atoms with Crippen LogP contribution in [0.5, 0.6) is 5.75 Å². The number of aliphatic hydroxyl groups excluding tert-OH is 1. The molecule has 0 heterocycles. The fourth-order valence-electron chi connectivity index (χ4n) is 1.95. The zero-order chi connectivity index (χ0) is 14.4. The molecule has 2 rings (SSSR count). The number of aryl methyl sites for hydroxylation is 2. The van der Waals surface area contributed by atoms with E-state index < -0.39 is 6.10 Å². The molecular formula is C17H21NO2. The van der Waals surface area contributed by atoms with Crippen molar-refractivity contribution in [3.63, 3.8) is 0 Å². The van der Waals surface area contributed by atoms with Gasteiger partial charge >= 0.3 is 0 Å². The third-order valence-corrected chi connectivity index (χ3v) is 2.99. The summed E-state index contributed by atoms with van der Waals surface area (Å²) < 4.78 is 5.57. The van der Waals surface area contributed by atoms with Gasteiger partial charge in [-0.15, -0.1) is 0 Å². The molecule has 0 bridgehead atoms. The van der Waals surface area contributed by atoms with Crippen LogP contribution in [0.1, 0.15) is 11.1 Å². The minimum Gasteiger partial charge on any atom is -0.491 e. The molecule has 0 spiro atoms. The smallest absolute Gasteiger partial charge is 0.119 e. The number of benzene rings is 2. The highest BCUT2D eigenvalue weighted by atomic mass is 16.5. The number of hydrogen-bond donors (Lipinski definition) is 2. The van der Waals surface area contributed by atoms with Crippen molar-refractivity contribution in [2.24, 2.45) is 0 Å². The van der Waals surface area contributed by atoms with Gasteiger partial charge in [0.15, 0.2) is 0 Å². The van der Waals surface area contributed by atoms with E-state index in [2.05, 4.69) is 5.32 Å². The van der Waals surface area contributed by atoms with Crippen LogP contribution in [0.2, 0.25) is 0 Å². The second-order valence-corrected chi connectivity index (χ2v) is 5.03. The first-order valence-corrected chi connectivity index (χ1v) is 6.81. The van der Waals surface area contributed by atoms with Crippen LogP contribution in [0.25, 0.3) is 0 Å². The van der Waals surface area contributed by atoms with Gasteiger partial charge in [0.1, 0.15) is 18.5 Å². The van der Waals surface area contributed by atoms with Gasteiger partial charge < -0.3 is 15.2 Å². The third-order valence-electron chi connectivity index (χ3n) is 2.99. The molecule has 0 aromatic heterocycles. The van der Waals surface area contributed by atoms with E-state index in [4.69, 9.17) is 4.74 Å². The number of nitrogens with one attached hydrogen (secondary N) is 1. The molecule has 0 saturated heterocycles. The predicted octanol–water partition coefficient (Wildman–Crippen LogP) is 3.16. The van der Waals surface area contributed by atoms with Gasteiger partial charge in [0.05, 0.1) is 0 Å². The Morgan fingerprint density at radius 2 is 1.75 bits per heavy atom. The van der Waals surface area contributed by atoms with Crippen LogP contribution in [-0.2, 0) is 0 Å². The second-order valence-electron chi connectivity index (χ2n) is 5.03. The van der Waals surface area contributed by atoms with Crippen LogP contribution in [0.15, 0.2) is 48.5 Å². The van der Waals surface area contributed by atoms with Crippen molar-refractivity contribution >= 4 is 5.69 Å². The van der Waals surface area contributed by atoms with Crippen molar-refractivity contribution in [3.05, 3.63) is 59.7 Å². The summed E-state index contributed by atoms with van der Waals surface area (Å²) >= 11 is 0. The SMILES string of the molecule is Cc1cccc(NCC(O)COc2cccc(C)c2)c1. The second kappa shape index (κ2) is 6.96. The van der Waals surface area contributed by atoms with Crippen LogP contribution in [0.4, 0.5) is 5.69 Å². The predicted molar refractivity (Wildman–Crippen MR) is 82.3 cm³/mol. The van der Waals surface area contributed by atoms with Crippen molar-refractivity contribution in [3.8, 4) is 5.75 Å². The van der Waals surface area contributed by atoms with E-state index in [1.54, 1.807) is 0 Å². The molecular weight excluding hydrogens is 250 g/mol. The van der Waals surface area contributed by atoms with Gasteiger partial charge in [0.2, 0.25) is 0 Å². The molecule has 0 radical (unpaired) electrons. The van der Waals surface area contributed by atoms with Crippen molar-refractivity contribution in [2.75, 3.05) is 18.5 Å². The summed E-state index contributed by atoms with van der Waals surface area (Å²) in [4.78, 5) is 0. The lowest BCUT2D eigenvalue weighted by atomic mass is 10.2. The fraction of sp³-hybridized carbons (Fsp3) is 0.294. The maximum atomic E-state index is 9.92. The standard InChI is InChI=1S/C17H21NO2/c1-13-5-3-7-15(9-13)18-11-16(19)12-20-17-8-4-6-14(2)10-17/h3-10,16,18-19H,11-12H2,1-2H3. The van der Waals surface area contributed by atoms with Crippen LogP contribution >= 0.6 is 0 Å². The summed E-state index contributed by atoms with van der Waals surface area (Å²) in [6, 6.07) is 15.9. The van der Waals surface area contributed by atoms with Crippen LogP contribution in [-0.4, -0.2) is 24.4 Å². The lowest BCUT2D eigenvalue weighted by molar-refractivity contribution is 0.117. The average molecular weight is 271 g/mol. The van der Waals surface area contributed by atoms with E-state index in [0.29, 0.717) is 6.54 Å². The first kappa shape index (κ1) is 14.4. The highest BCUT2D eigenvalue weighted by Crippen LogP contribution is 2.13. The zero-order valence-electron chi connectivity index (χ0n) is 12.0. The molecule has 0 fully saturated rings. The van der Waals surface area contributed by atoms with E-state index in [1.807, 2.05) is 62.4 Å². The highest BCUT2D eigenvalue weighted by molar-refractivity contribution is 5.45. The number of rotatable bonds is 6. The Balaban J connectivity index is 1.77. The van der Waals surface area contributed by atoms with Crippen molar-refractivity contribution in [1.29, 1.82) is 0 Å². The Labute approximate surface area is 120 Å². The minimum atomic E-state index is -0.545. The number of anilines is 1. The molecule has 0 aliphatic carbocycles. The molecule has 20 heavy (non-hydrogen) atoms. The van der Waals surface area contributed by atoms with Gasteiger partial charge in [-0.3, -0.25) is 0 Å². The summed E-state index contributed by atoms with van der Waals surface area (Å²) in [6.45, 7) is 4.81. The Bertz CT molecular complexity index is 505. The summed E-state index contributed by atoms with van der Waals surface area (Å²) in [7, 11) is 0. The Morgan fingerprint density at radius 3 is 2.45 bits per heavy atom. The van der Waals surface area contributed by atoms with E-state index in [0.717, 1.165) is 17.0 Å². The fourth-order valence-corrected chi connectivity index (χ4v) is 1.95. The Hall–Kier alpha value is -2.00. The molecule has 106 valence electrons. The highest BCUT2D eigenvalue weighted by Gasteiger charge is 2.05. The van der Waals surface area contributed by atoms with Crippen molar-refractivity contribution in [2.45, 2.75) is 20.0 Å². The molecule has 3 nitrogen and oxygen atoms in total. The largest absolute Gasteiger partial charge is 0.491 e. The number of ether oxygens (including phenoxy) is 1. The molecule has 0 aliphatic heterocycles. The van der Waals surface area contributed by atoms with Gasteiger partial charge in [-0.05, 0) is 49.2 Å². The molecule has 2 aromatic carbocycles. The van der Waals surface area contributed by atoms with E-state index >= 15 is 0 Å². The monoisotopic (exact) mass is 271 g/mol. The van der Waals surface area contributed by atoms with Gasteiger partial charge in [0, 0.05) is 12.2 Å². The summed E-state index contributed by atoms with van der Waals surface area (Å²) in [5.74, 6) is 0.791. The topological polar surface area (TPSA) is 41.5 Å². The molecule has 0 aliphatic rings. The van der Waals surface area contributed by atoms with Crippen LogP contribution < -0.4 is 10.1 Å². The normalized spacial score (nSPS) is 11.9. The summed E-state index contributed by atoms with van der Waals surface area (Å²) in [5.41, 5.74) is 3.36. The van der Waals surface area contributed by atoms with Gasteiger partial charge in [-0.25, -0.2) is 0 Å². The molecule has 2 aromatic rings. The Morgan fingerprint density at radius 1 is 1.05 bits per heavy atom. The Kier molecular flexibility index (Phi) is 5.02. The zero-order valence-corrected chi connectivity index (χ0v) is 12.0. The maximum absolute atomic E-state index is 9.92. The molecule has 1 unspecified atom stereocenters. The van der Waals surface area contributed by atoms with Crippen LogP contribution in [0, 0.1) is 13.8 Å². The number of aliphatic hydroxyl groups is 1. The lowest BCUT2D eigenvalue weighted by Crippen LogP contribution is -2.26. The van der Waals surface area contributed by atoms with Gasteiger partial charge in [-0.1, -0.05) is 24.3 Å². The van der Waals surface area contributed by atoms with Crippen LogP contribution in [0.3, 0.4) is 0 Å². The molecule has 0 saturated carbocycles. The summed E-state index contributed by atoms with van der Waals surface area (Å²) in [6.07, 6.45) is -0.545. The van der Waals surface area contributed by atoms with Crippen molar-refractivity contribution < 1.29 is 9.84 Å². The van der Waals surface area contributed by atoms with Gasteiger partial charge in [-0.2, -0.15) is 0 Å². The number of hydrogen-bond acceptors (Lipinski definition) is 3. The quantitative estimate of drug-likeness (QED) is 0.848. The third kappa shape index (κ3) is 4.59. The van der Waals surface area contributed by atoms with E-state index in [9.17, 15) is 5.11 Å². The maximum Gasteiger partial charge on any atom is 0.119 e. The van der Waals surface area contributed by atoms with E-state index in [1.165, 1.54) is 5.56 Å². The molecule has 0 amide bonds. The van der Waals surface area contributed by atoms with Gasteiger partial charge in [0.25, 0.3) is 0 Å². The van der Waals surface area contributed by atoms with Crippen molar-refractivity contribution in [1.82, 2.24) is 0 Å². The lowest BCUT2D eigenvalue weighted by Gasteiger charge is -2.14. The first-order valence-electron chi connectivity index (χ1n) is 6.81. The van der Waals surface area contributed by atoms with E-state index in [-0.39, 0.29) is 6.61 Å². The molecule has 2 N–H and O–H groups in total. The molecule has 1 atom stereocenters. The summed E-state index contributed by atoms with van der Waals surface area (Å²) in [5, 5.41) is 13.1. The molecule has 3 heteroatoms. The minimum absolute atomic E-state index is 0.280. The first-order chi connectivity index (χ1) is 9.63. The average Bonchev–Trinajstić information content (AvgIpc) is 2.43.